The summed E-state index contributed by atoms with van der Waals surface area (Å²) >= 11 is 0. The Balaban J connectivity index is 1.63. The van der Waals surface area contributed by atoms with E-state index in [-0.39, 0.29) is 17.9 Å². The first kappa shape index (κ1) is 16.5. The number of benzene rings is 2. The molecule has 0 aromatic heterocycles. The molecule has 1 saturated heterocycles. The van der Waals surface area contributed by atoms with Crippen molar-refractivity contribution in [3.8, 4) is 0 Å². The Morgan fingerprint density at radius 3 is 2.79 bits per heavy atom. The van der Waals surface area contributed by atoms with Crippen LogP contribution in [0.4, 0.5) is 14.9 Å². The summed E-state index contributed by atoms with van der Waals surface area (Å²) in [6, 6.07) is 15.0. The zero-order valence-electron chi connectivity index (χ0n) is 13.4. The van der Waals surface area contributed by atoms with E-state index in [1.54, 1.807) is 17.0 Å². The molecule has 24 heavy (non-hydrogen) atoms. The fourth-order valence-corrected chi connectivity index (χ4v) is 3.18. The van der Waals surface area contributed by atoms with Crippen molar-refractivity contribution < 1.29 is 14.3 Å². The number of aliphatic hydroxyl groups is 1. The fourth-order valence-electron chi connectivity index (χ4n) is 3.18. The maximum absolute atomic E-state index is 13.2. The minimum atomic E-state index is -0.598. The van der Waals surface area contributed by atoms with Gasteiger partial charge in [-0.05, 0) is 43.0 Å². The van der Waals surface area contributed by atoms with Crippen LogP contribution in [0.1, 0.15) is 30.9 Å². The SMILES string of the molecule is O=C(Nc1cccc(F)c1)N1CCCC1CC(O)c1ccccc1. The van der Waals surface area contributed by atoms with E-state index < -0.39 is 6.10 Å². The minimum absolute atomic E-state index is 0.0197. The van der Waals surface area contributed by atoms with E-state index in [4.69, 9.17) is 0 Å². The number of carbonyl (C=O) groups is 1. The van der Waals surface area contributed by atoms with Gasteiger partial charge in [0.2, 0.25) is 0 Å². The number of halogens is 1. The van der Waals surface area contributed by atoms with Gasteiger partial charge in [-0.25, -0.2) is 9.18 Å². The van der Waals surface area contributed by atoms with Crippen LogP contribution in [0.5, 0.6) is 0 Å². The Labute approximate surface area is 140 Å². The highest BCUT2D eigenvalue weighted by Crippen LogP contribution is 2.28. The Bertz CT molecular complexity index is 693. The largest absolute Gasteiger partial charge is 0.388 e. The van der Waals surface area contributed by atoms with E-state index in [1.807, 2.05) is 30.3 Å². The number of nitrogens with one attached hydrogen (secondary N) is 1. The molecule has 3 rings (SSSR count). The molecule has 0 aliphatic carbocycles. The lowest BCUT2D eigenvalue weighted by molar-refractivity contribution is 0.130. The number of rotatable bonds is 4. The van der Waals surface area contributed by atoms with Gasteiger partial charge < -0.3 is 15.3 Å². The van der Waals surface area contributed by atoms with Crippen LogP contribution in [-0.2, 0) is 0 Å². The Kier molecular flexibility index (Phi) is 5.11. The van der Waals surface area contributed by atoms with Crippen molar-refractivity contribution in [2.45, 2.75) is 31.4 Å². The average molecular weight is 328 g/mol. The highest BCUT2D eigenvalue weighted by molar-refractivity contribution is 5.89. The molecule has 1 fully saturated rings. The van der Waals surface area contributed by atoms with Gasteiger partial charge in [-0.15, -0.1) is 0 Å². The Morgan fingerprint density at radius 2 is 2.04 bits per heavy atom. The van der Waals surface area contributed by atoms with Crippen molar-refractivity contribution in [1.29, 1.82) is 0 Å². The molecule has 1 heterocycles. The van der Waals surface area contributed by atoms with Crippen molar-refractivity contribution in [2.75, 3.05) is 11.9 Å². The van der Waals surface area contributed by atoms with Gasteiger partial charge >= 0.3 is 6.03 Å². The number of hydrogen-bond acceptors (Lipinski definition) is 2. The Hall–Kier alpha value is -2.40. The maximum atomic E-state index is 13.2. The number of nitrogens with zero attached hydrogens (tertiary/aromatic N) is 1. The van der Waals surface area contributed by atoms with Crippen molar-refractivity contribution in [3.05, 3.63) is 66.0 Å². The molecule has 2 unspecified atom stereocenters. The monoisotopic (exact) mass is 328 g/mol. The highest BCUT2D eigenvalue weighted by atomic mass is 19.1. The van der Waals surface area contributed by atoms with Crippen molar-refractivity contribution >= 4 is 11.7 Å². The summed E-state index contributed by atoms with van der Waals surface area (Å²) in [5.41, 5.74) is 1.30. The third-order valence-corrected chi connectivity index (χ3v) is 4.39. The number of urea groups is 1. The van der Waals surface area contributed by atoms with Crippen LogP contribution in [0.15, 0.2) is 54.6 Å². The second-order valence-corrected chi connectivity index (χ2v) is 6.09. The number of hydrogen-bond donors (Lipinski definition) is 2. The summed E-state index contributed by atoms with van der Waals surface area (Å²) in [4.78, 5) is 14.2. The van der Waals surface area contributed by atoms with Crippen LogP contribution < -0.4 is 5.32 Å². The molecule has 0 bridgehead atoms. The Morgan fingerprint density at radius 1 is 1.25 bits per heavy atom. The lowest BCUT2D eigenvalue weighted by atomic mass is 10.0. The number of aliphatic hydroxyl groups excluding tert-OH is 1. The second-order valence-electron chi connectivity index (χ2n) is 6.09. The molecule has 0 saturated carbocycles. The summed E-state index contributed by atoms with van der Waals surface area (Å²) < 4.78 is 13.2. The smallest absolute Gasteiger partial charge is 0.322 e. The molecular weight excluding hydrogens is 307 g/mol. The van der Waals surface area contributed by atoms with E-state index in [2.05, 4.69) is 5.32 Å². The number of amides is 2. The molecule has 2 N–H and O–H groups in total. The van der Waals surface area contributed by atoms with Crippen molar-refractivity contribution in [3.63, 3.8) is 0 Å². The van der Waals surface area contributed by atoms with Gasteiger partial charge in [-0.3, -0.25) is 0 Å². The first-order valence-corrected chi connectivity index (χ1v) is 8.19. The van der Waals surface area contributed by atoms with Gasteiger partial charge in [0.05, 0.1) is 6.10 Å². The number of anilines is 1. The zero-order valence-corrected chi connectivity index (χ0v) is 13.4. The third-order valence-electron chi connectivity index (χ3n) is 4.39. The average Bonchev–Trinajstić information content (AvgIpc) is 3.04. The van der Waals surface area contributed by atoms with Gasteiger partial charge in [0.15, 0.2) is 0 Å². The van der Waals surface area contributed by atoms with E-state index in [0.717, 1.165) is 18.4 Å². The van der Waals surface area contributed by atoms with Crippen LogP contribution in [0.25, 0.3) is 0 Å². The first-order chi connectivity index (χ1) is 11.6. The lowest BCUT2D eigenvalue weighted by Crippen LogP contribution is -2.39. The van der Waals surface area contributed by atoms with E-state index >= 15 is 0 Å². The maximum Gasteiger partial charge on any atom is 0.322 e. The predicted molar refractivity (Wildman–Crippen MR) is 91.2 cm³/mol. The second kappa shape index (κ2) is 7.45. The third kappa shape index (κ3) is 3.92. The molecule has 0 radical (unpaired) electrons. The fraction of sp³-hybridized carbons (Fsp3) is 0.316. The van der Waals surface area contributed by atoms with Gasteiger partial charge in [-0.1, -0.05) is 36.4 Å². The summed E-state index contributed by atoms with van der Waals surface area (Å²) in [5.74, 6) is -0.384. The lowest BCUT2D eigenvalue weighted by Gasteiger charge is -2.27. The van der Waals surface area contributed by atoms with E-state index in [1.165, 1.54) is 12.1 Å². The summed E-state index contributed by atoms with van der Waals surface area (Å²) in [5, 5.41) is 13.1. The first-order valence-electron chi connectivity index (χ1n) is 8.19. The number of likely N-dealkylation sites (tertiary alicyclic amines) is 1. The van der Waals surface area contributed by atoms with E-state index in [9.17, 15) is 14.3 Å². The van der Waals surface area contributed by atoms with Gasteiger partial charge in [0, 0.05) is 18.3 Å². The quantitative estimate of drug-likeness (QED) is 0.893. The molecule has 2 aromatic carbocycles. The molecule has 5 heteroatoms. The minimum Gasteiger partial charge on any atom is -0.388 e. The highest BCUT2D eigenvalue weighted by Gasteiger charge is 2.30. The standard InChI is InChI=1S/C19H21FN2O2/c20-15-8-4-9-16(12-15)21-19(24)22-11-5-10-17(22)13-18(23)14-6-2-1-3-7-14/h1-4,6-9,12,17-18,23H,5,10-11,13H2,(H,21,24). The molecule has 0 spiro atoms. The summed E-state index contributed by atoms with van der Waals surface area (Å²) in [6.45, 7) is 0.646. The number of carbonyl (C=O) groups excluding carboxylic acids is 1. The molecule has 1 aliphatic heterocycles. The van der Waals surface area contributed by atoms with Crippen LogP contribution in [0, 0.1) is 5.82 Å². The van der Waals surface area contributed by atoms with Crippen LogP contribution in [-0.4, -0.2) is 28.6 Å². The predicted octanol–water partition coefficient (Wildman–Crippen LogP) is 3.95. The molecule has 2 amide bonds. The molecule has 1 aliphatic rings. The summed E-state index contributed by atoms with van der Waals surface area (Å²) in [6.07, 6.45) is 1.67. The van der Waals surface area contributed by atoms with E-state index in [0.29, 0.717) is 18.7 Å². The van der Waals surface area contributed by atoms with Gasteiger partial charge in [0.25, 0.3) is 0 Å². The topological polar surface area (TPSA) is 52.6 Å². The van der Waals surface area contributed by atoms with Gasteiger partial charge in [0.1, 0.15) is 5.82 Å². The zero-order chi connectivity index (χ0) is 16.9. The molecular formula is C19H21FN2O2. The molecule has 126 valence electrons. The van der Waals surface area contributed by atoms with Crippen molar-refractivity contribution in [1.82, 2.24) is 4.90 Å². The van der Waals surface area contributed by atoms with Crippen molar-refractivity contribution in [2.24, 2.45) is 0 Å². The summed E-state index contributed by atoms with van der Waals surface area (Å²) in [7, 11) is 0. The normalized spacial score (nSPS) is 18.4. The molecule has 2 aromatic rings. The molecule has 4 nitrogen and oxygen atoms in total. The van der Waals surface area contributed by atoms with Crippen LogP contribution in [0.2, 0.25) is 0 Å². The van der Waals surface area contributed by atoms with Gasteiger partial charge in [-0.2, -0.15) is 0 Å². The molecule has 2 atom stereocenters. The van der Waals surface area contributed by atoms with Crippen LogP contribution >= 0.6 is 0 Å². The van der Waals surface area contributed by atoms with Crippen LogP contribution in [0.3, 0.4) is 0 Å².